The number of ether oxygens (including phenoxy) is 1. The Morgan fingerprint density at radius 2 is 1.02 bits per heavy atom. The fourth-order valence-electron chi connectivity index (χ4n) is 18.4. The maximum absolute atomic E-state index is 7.23. The second-order valence-corrected chi connectivity index (χ2v) is 28.8. The van der Waals surface area contributed by atoms with Gasteiger partial charge in [0.05, 0.1) is 28.1 Å². The van der Waals surface area contributed by atoms with E-state index >= 15 is 0 Å². The molecule has 7 aromatic carbocycles. The first-order valence-corrected chi connectivity index (χ1v) is 30.4. The van der Waals surface area contributed by atoms with Gasteiger partial charge < -0.3 is 14.5 Å². The molecule has 412 valence electrons. The highest BCUT2D eigenvalue weighted by Crippen LogP contribution is 2.83. The van der Waals surface area contributed by atoms with Gasteiger partial charge in [-0.15, -0.1) is 0 Å². The van der Waals surface area contributed by atoms with Crippen LogP contribution in [-0.4, -0.2) is 16.2 Å². The third-order valence-corrected chi connectivity index (χ3v) is 22.9. The molecule has 5 heteroatoms. The van der Waals surface area contributed by atoms with Crippen LogP contribution in [-0.2, 0) is 21.7 Å². The van der Waals surface area contributed by atoms with Gasteiger partial charge in [0.2, 0.25) is 0 Å². The van der Waals surface area contributed by atoms with Crippen molar-refractivity contribution in [2.75, 3.05) is 16.5 Å². The summed E-state index contributed by atoms with van der Waals surface area (Å²) in [4.78, 5) is 10.4. The molecule has 0 radical (unpaired) electrons. The Labute approximate surface area is 482 Å². The monoisotopic (exact) mass is 1070 g/mol. The molecule has 0 amide bonds. The van der Waals surface area contributed by atoms with Crippen molar-refractivity contribution in [1.82, 2.24) is 9.55 Å². The smallest absolute Gasteiger partial charge is 0.137 e. The number of para-hydroxylation sites is 4. The van der Waals surface area contributed by atoms with Crippen LogP contribution in [0.5, 0.6) is 11.5 Å². The van der Waals surface area contributed by atoms with Crippen molar-refractivity contribution in [2.45, 2.75) is 143 Å². The molecule has 0 spiro atoms. The molecule has 81 heavy (non-hydrogen) atoms. The molecule has 4 bridgehead atoms. The number of hydrogen-bond donors (Lipinski definition) is 0. The van der Waals surface area contributed by atoms with E-state index in [0.717, 1.165) is 34.0 Å². The lowest BCUT2D eigenvalue weighted by Gasteiger charge is -2.79. The fraction of sp³-hybridized carbons (Fsp3) is 0.382. The Balaban J connectivity index is 0.962. The van der Waals surface area contributed by atoms with E-state index in [2.05, 4.69) is 273 Å². The molecule has 5 aliphatic rings. The molecule has 4 aliphatic carbocycles. The van der Waals surface area contributed by atoms with Crippen molar-refractivity contribution in [3.8, 4) is 17.3 Å². The SMILES string of the molecule is CC(C)(C)c1cc(Oc2ccc3c4ccccc4n(-c4cc(C(C)(C)C)ccn4)c3c2)cc(N2CN(c3c(C4(c5ccccc5)C5CCCC4(C)C5(C)C)cccc3C3(c4ccccc4)C4CCCC3(C)C4(C)C)c3ccccc32)c1. The third kappa shape index (κ3) is 6.93. The molecule has 1 aliphatic heterocycles. The summed E-state index contributed by atoms with van der Waals surface area (Å²) in [6.45, 7) is 30.2. The van der Waals surface area contributed by atoms with Gasteiger partial charge in [-0.05, 0) is 158 Å². The molecule has 14 rings (SSSR count). The van der Waals surface area contributed by atoms with E-state index < -0.39 is 0 Å². The standard InChI is InChI=1S/C76H82N4O/c1-69(2,3)52-40-43-77-67(46-52)80-61-33-20-19-30-57(61)58-39-38-55(48-64(58)80)81-56-45-53(70(4,5)6)44-54(47-56)78-49-79(63-35-22-21-34-62(63)78)68-59(75(50-26-15-13-16-27-50)65-36-24-41-73(75,11)71(65,7)8)31-23-32-60(68)76(51-28-17-14-18-29-51)66-37-25-42-74(76,12)72(66,9)10/h13-23,26-35,38-40,43-48,65-66H,24-25,36-37,41-42,49H2,1-12H3. The molecule has 4 saturated carbocycles. The van der Waals surface area contributed by atoms with Crippen LogP contribution in [0.4, 0.5) is 22.7 Å². The highest BCUT2D eigenvalue weighted by Gasteiger charge is 2.78. The third-order valence-electron chi connectivity index (χ3n) is 22.9. The quantitative estimate of drug-likeness (QED) is 0.144. The van der Waals surface area contributed by atoms with Gasteiger partial charge in [0.25, 0.3) is 0 Å². The predicted molar refractivity (Wildman–Crippen MR) is 337 cm³/mol. The summed E-state index contributed by atoms with van der Waals surface area (Å²) < 4.78 is 9.54. The second-order valence-electron chi connectivity index (χ2n) is 28.8. The molecule has 5 nitrogen and oxygen atoms in total. The summed E-state index contributed by atoms with van der Waals surface area (Å²) in [5.41, 5.74) is 15.4. The Hall–Kier alpha value is -7.11. The zero-order valence-corrected chi connectivity index (χ0v) is 50.1. The van der Waals surface area contributed by atoms with Gasteiger partial charge >= 0.3 is 0 Å². The molecular weight excluding hydrogens is 985 g/mol. The first-order valence-electron chi connectivity index (χ1n) is 30.4. The molecule has 2 aromatic heterocycles. The number of hydrogen-bond acceptors (Lipinski definition) is 4. The van der Waals surface area contributed by atoms with E-state index in [1.54, 1.807) is 0 Å². The molecule has 6 atom stereocenters. The lowest BCUT2D eigenvalue weighted by molar-refractivity contribution is -0.222. The molecule has 4 fully saturated rings. The topological polar surface area (TPSA) is 33.5 Å². The van der Waals surface area contributed by atoms with Crippen LogP contribution >= 0.6 is 0 Å². The van der Waals surface area contributed by atoms with Gasteiger partial charge in [-0.2, -0.15) is 0 Å². The van der Waals surface area contributed by atoms with Crippen LogP contribution in [0.2, 0.25) is 0 Å². The van der Waals surface area contributed by atoms with Crippen LogP contribution in [0.3, 0.4) is 0 Å². The summed E-state index contributed by atoms with van der Waals surface area (Å²) in [7, 11) is 0. The average molecular weight is 1070 g/mol. The van der Waals surface area contributed by atoms with Gasteiger partial charge in [-0.3, -0.25) is 4.57 Å². The molecule has 3 heterocycles. The van der Waals surface area contributed by atoms with Crippen molar-refractivity contribution in [3.63, 3.8) is 0 Å². The first kappa shape index (κ1) is 52.0. The van der Waals surface area contributed by atoms with E-state index in [4.69, 9.17) is 9.72 Å². The van der Waals surface area contributed by atoms with Crippen molar-refractivity contribution < 1.29 is 4.74 Å². The molecular formula is C76H82N4O. The normalized spacial score (nSPS) is 26.3. The lowest BCUT2D eigenvalue weighted by Crippen LogP contribution is -2.75. The summed E-state index contributed by atoms with van der Waals surface area (Å²) in [6.07, 6.45) is 9.34. The minimum absolute atomic E-state index is 0.0206. The number of pyridine rings is 1. The van der Waals surface area contributed by atoms with Crippen LogP contribution in [0.15, 0.2) is 182 Å². The van der Waals surface area contributed by atoms with Crippen molar-refractivity contribution in [3.05, 3.63) is 216 Å². The maximum Gasteiger partial charge on any atom is 0.137 e. The van der Waals surface area contributed by atoms with Crippen molar-refractivity contribution >= 4 is 44.6 Å². The van der Waals surface area contributed by atoms with Gasteiger partial charge in [-0.1, -0.05) is 205 Å². The molecule has 9 aromatic rings. The summed E-state index contributed by atoms with van der Waals surface area (Å²) >= 11 is 0. The predicted octanol–water partition coefficient (Wildman–Crippen LogP) is 20.1. The number of fused-ring (bicyclic) bond motifs is 8. The number of aromatic nitrogens is 2. The summed E-state index contributed by atoms with van der Waals surface area (Å²) in [5.74, 6) is 3.47. The van der Waals surface area contributed by atoms with Gasteiger partial charge in [0, 0.05) is 45.6 Å². The zero-order chi connectivity index (χ0) is 56.3. The van der Waals surface area contributed by atoms with E-state index in [0.29, 0.717) is 18.5 Å². The Morgan fingerprint density at radius 3 is 1.59 bits per heavy atom. The molecule has 0 saturated heterocycles. The van der Waals surface area contributed by atoms with Crippen molar-refractivity contribution in [1.29, 1.82) is 0 Å². The van der Waals surface area contributed by atoms with E-state index in [1.165, 1.54) is 99.7 Å². The second kappa shape index (κ2) is 17.7. The highest BCUT2D eigenvalue weighted by atomic mass is 16.5. The molecule has 0 N–H and O–H groups in total. The minimum atomic E-state index is -0.206. The number of benzene rings is 7. The Kier molecular flexibility index (Phi) is 11.4. The number of nitrogens with zero attached hydrogens (tertiary/aromatic N) is 4. The fourth-order valence-corrected chi connectivity index (χ4v) is 18.4. The minimum Gasteiger partial charge on any atom is -0.457 e. The van der Waals surface area contributed by atoms with E-state index in [9.17, 15) is 0 Å². The van der Waals surface area contributed by atoms with Crippen LogP contribution < -0.4 is 14.5 Å². The summed E-state index contributed by atoms with van der Waals surface area (Å²) in [6, 6.07) is 67.3. The summed E-state index contributed by atoms with van der Waals surface area (Å²) in [5, 5.41) is 2.37. The van der Waals surface area contributed by atoms with Crippen LogP contribution in [0.25, 0.3) is 27.6 Å². The van der Waals surface area contributed by atoms with Crippen molar-refractivity contribution in [2.24, 2.45) is 33.5 Å². The number of rotatable bonds is 9. The van der Waals surface area contributed by atoms with E-state index in [-0.39, 0.29) is 43.3 Å². The zero-order valence-electron chi connectivity index (χ0n) is 50.1. The van der Waals surface area contributed by atoms with Gasteiger partial charge in [-0.25, -0.2) is 4.98 Å². The number of anilines is 4. The Bertz CT molecular complexity index is 3840. The highest BCUT2D eigenvalue weighted by molar-refractivity contribution is 6.09. The van der Waals surface area contributed by atoms with Gasteiger partial charge in [0.1, 0.15) is 24.0 Å². The van der Waals surface area contributed by atoms with Crippen LogP contribution in [0, 0.1) is 33.5 Å². The lowest BCUT2D eigenvalue weighted by atomic mass is 9.24. The largest absolute Gasteiger partial charge is 0.457 e. The first-order chi connectivity index (χ1) is 38.7. The van der Waals surface area contributed by atoms with E-state index in [1.807, 2.05) is 6.20 Å². The van der Waals surface area contributed by atoms with Gasteiger partial charge in [0.15, 0.2) is 0 Å². The maximum atomic E-state index is 7.23. The van der Waals surface area contributed by atoms with Crippen LogP contribution in [0.1, 0.15) is 155 Å². The Morgan fingerprint density at radius 1 is 0.481 bits per heavy atom. The average Bonchev–Trinajstić information content (AvgIpc) is 2.01. The molecule has 6 unspecified atom stereocenters.